The lowest BCUT2D eigenvalue weighted by atomic mass is 10.1. The highest BCUT2D eigenvalue weighted by Gasteiger charge is 2.03. The van der Waals surface area contributed by atoms with Crippen LogP contribution in [0.3, 0.4) is 0 Å². The van der Waals surface area contributed by atoms with Crippen LogP contribution in [-0.4, -0.2) is 26.2 Å². The molecule has 84 valence electrons. The fourth-order valence-electron chi connectivity index (χ4n) is 1.27. The molecule has 0 aliphatic rings. The first-order valence-corrected chi connectivity index (χ1v) is 7.21. The zero-order chi connectivity index (χ0) is 11.0. The lowest BCUT2D eigenvalue weighted by molar-refractivity contribution is -0.119. The van der Waals surface area contributed by atoms with Gasteiger partial charge >= 0.3 is 0 Å². The van der Waals surface area contributed by atoms with E-state index in [1.165, 1.54) is 6.26 Å². The Hall–Kier alpha value is -0.380. The number of Topliss-reactive ketones (excluding diaryl/α,β-unsaturated/α-hetero) is 1. The molecule has 0 aromatic rings. The van der Waals surface area contributed by atoms with E-state index in [0.29, 0.717) is 25.0 Å². The number of unbranched alkanes of at least 4 members (excludes halogenated alkanes) is 2. The van der Waals surface area contributed by atoms with Crippen LogP contribution in [-0.2, 0) is 14.6 Å². The van der Waals surface area contributed by atoms with Crippen molar-refractivity contribution in [2.45, 2.75) is 45.4 Å². The molecule has 0 amide bonds. The molecule has 0 atom stereocenters. The molecule has 0 N–H and O–H groups in total. The van der Waals surface area contributed by atoms with Gasteiger partial charge in [-0.05, 0) is 19.3 Å². The van der Waals surface area contributed by atoms with E-state index in [2.05, 4.69) is 0 Å². The average molecular weight is 220 g/mol. The minimum absolute atomic E-state index is 0.245. The molecule has 3 nitrogen and oxygen atoms in total. The second kappa shape index (κ2) is 6.98. The zero-order valence-electron chi connectivity index (χ0n) is 9.08. The summed E-state index contributed by atoms with van der Waals surface area (Å²) in [6.45, 7) is 1.99. The van der Waals surface area contributed by atoms with Crippen molar-refractivity contribution in [1.82, 2.24) is 0 Å². The molecular formula is C10H20O3S. The summed E-state index contributed by atoms with van der Waals surface area (Å²) in [5.41, 5.74) is 0. The van der Waals surface area contributed by atoms with Crippen LogP contribution < -0.4 is 0 Å². The Labute approximate surface area is 86.8 Å². The number of rotatable bonds is 8. The van der Waals surface area contributed by atoms with Crippen molar-refractivity contribution >= 4 is 15.6 Å². The van der Waals surface area contributed by atoms with Crippen molar-refractivity contribution < 1.29 is 13.2 Å². The average Bonchev–Trinajstić information content (AvgIpc) is 2.02. The highest BCUT2D eigenvalue weighted by Crippen LogP contribution is 2.04. The monoisotopic (exact) mass is 220 g/mol. The fourth-order valence-corrected chi connectivity index (χ4v) is 2.00. The van der Waals surface area contributed by atoms with Gasteiger partial charge in [-0.25, -0.2) is 8.42 Å². The lowest BCUT2D eigenvalue weighted by Crippen LogP contribution is -2.03. The van der Waals surface area contributed by atoms with Gasteiger partial charge < -0.3 is 0 Å². The van der Waals surface area contributed by atoms with Crippen LogP contribution >= 0.6 is 0 Å². The van der Waals surface area contributed by atoms with E-state index in [-0.39, 0.29) is 5.75 Å². The van der Waals surface area contributed by atoms with E-state index < -0.39 is 9.84 Å². The Morgan fingerprint density at radius 1 is 1.07 bits per heavy atom. The lowest BCUT2D eigenvalue weighted by Gasteiger charge is -1.99. The second-order valence-electron chi connectivity index (χ2n) is 3.73. The largest absolute Gasteiger partial charge is 0.300 e. The van der Waals surface area contributed by atoms with Gasteiger partial charge in [0.25, 0.3) is 0 Å². The molecule has 0 fully saturated rings. The van der Waals surface area contributed by atoms with E-state index in [4.69, 9.17) is 0 Å². The van der Waals surface area contributed by atoms with Gasteiger partial charge in [0, 0.05) is 24.9 Å². The molecule has 4 heteroatoms. The van der Waals surface area contributed by atoms with Crippen LogP contribution in [0.2, 0.25) is 0 Å². The van der Waals surface area contributed by atoms with Gasteiger partial charge in [-0.2, -0.15) is 0 Å². The van der Waals surface area contributed by atoms with Crippen LogP contribution in [0.4, 0.5) is 0 Å². The van der Waals surface area contributed by atoms with E-state index in [0.717, 1.165) is 19.3 Å². The van der Waals surface area contributed by atoms with Crippen LogP contribution in [0.5, 0.6) is 0 Å². The van der Waals surface area contributed by atoms with Gasteiger partial charge in [-0.3, -0.25) is 4.79 Å². The summed E-state index contributed by atoms with van der Waals surface area (Å²) in [7, 11) is -2.82. The van der Waals surface area contributed by atoms with Gasteiger partial charge in [0.1, 0.15) is 15.6 Å². The van der Waals surface area contributed by atoms with Crippen molar-refractivity contribution in [2.24, 2.45) is 0 Å². The predicted molar refractivity (Wildman–Crippen MR) is 58.1 cm³/mol. The SMILES string of the molecule is CCCC(=O)CCCCCS(C)(=O)=O. The molecule has 0 rings (SSSR count). The highest BCUT2D eigenvalue weighted by molar-refractivity contribution is 7.90. The summed E-state index contributed by atoms with van der Waals surface area (Å²) >= 11 is 0. The molecule has 0 aliphatic heterocycles. The fraction of sp³-hybridized carbons (Fsp3) is 0.900. The molecule has 0 aromatic heterocycles. The van der Waals surface area contributed by atoms with E-state index in [1.54, 1.807) is 0 Å². The second-order valence-corrected chi connectivity index (χ2v) is 5.99. The van der Waals surface area contributed by atoms with E-state index in [9.17, 15) is 13.2 Å². The molecule has 0 unspecified atom stereocenters. The number of sulfone groups is 1. The number of carbonyl (C=O) groups excluding carboxylic acids is 1. The minimum atomic E-state index is -2.82. The maximum atomic E-state index is 11.1. The molecule has 0 aromatic carbocycles. The molecule has 0 saturated heterocycles. The quantitative estimate of drug-likeness (QED) is 0.588. The number of carbonyl (C=O) groups is 1. The molecule has 0 aliphatic carbocycles. The topological polar surface area (TPSA) is 51.2 Å². The molecular weight excluding hydrogens is 200 g/mol. The van der Waals surface area contributed by atoms with Gasteiger partial charge in [0.05, 0.1) is 0 Å². The summed E-state index contributed by atoms with van der Waals surface area (Å²) in [5, 5.41) is 0. The van der Waals surface area contributed by atoms with Crippen LogP contribution in [0.1, 0.15) is 45.4 Å². The van der Waals surface area contributed by atoms with Gasteiger partial charge in [0.2, 0.25) is 0 Å². The maximum absolute atomic E-state index is 11.1. The molecule has 0 heterocycles. The first kappa shape index (κ1) is 13.6. The summed E-state index contributed by atoms with van der Waals surface area (Å²) in [4.78, 5) is 11.1. The minimum Gasteiger partial charge on any atom is -0.300 e. The first-order chi connectivity index (χ1) is 6.45. The van der Waals surface area contributed by atoms with Gasteiger partial charge in [-0.15, -0.1) is 0 Å². The van der Waals surface area contributed by atoms with Gasteiger partial charge in [0.15, 0.2) is 0 Å². The van der Waals surface area contributed by atoms with Crippen molar-refractivity contribution in [3.05, 3.63) is 0 Å². The number of ketones is 1. The molecule has 0 bridgehead atoms. The van der Waals surface area contributed by atoms with Crippen LogP contribution in [0, 0.1) is 0 Å². The molecule has 0 saturated carbocycles. The Kier molecular flexibility index (Phi) is 6.79. The normalized spacial score (nSPS) is 11.6. The molecule has 14 heavy (non-hydrogen) atoms. The van der Waals surface area contributed by atoms with Crippen LogP contribution in [0.25, 0.3) is 0 Å². The first-order valence-electron chi connectivity index (χ1n) is 5.15. The molecule has 0 radical (unpaired) electrons. The third kappa shape index (κ3) is 9.71. The Bertz CT molecular complexity index is 255. The highest BCUT2D eigenvalue weighted by atomic mass is 32.2. The van der Waals surface area contributed by atoms with E-state index in [1.807, 2.05) is 6.92 Å². The Morgan fingerprint density at radius 3 is 2.21 bits per heavy atom. The smallest absolute Gasteiger partial charge is 0.147 e. The Morgan fingerprint density at radius 2 is 1.71 bits per heavy atom. The maximum Gasteiger partial charge on any atom is 0.147 e. The summed E-state index contributed by atoms with van der Waals surface area (Å²) in [6, 6.07) is 0. The van der Waals surface area contributed by atoms with Crippen molar-refractivity contribution in [1.29, 1.82) is 0 Å². The number of hydrogen-bond donors (Lipinski definition) is 0. The molecule has 0 spiro atoms. The van der Waals surface area contributed by atoms with Crippen molar-refractivity contribution in [3.63, 3.8) is 0 Å². The number of hydrogen-bond acceptors (Lipinski definition) is 3. The Balaban J connectivity index is 3.34. The summed E-state index contributed by atoms with van der Waals surface area (Å²) < 4.78 is 21.5. The van der Waals surface area contributed by atoms with E-state index >= 15 is 0 Å². The summed E-state index contributed by atoms with van der Waals surface area (Å²) in [5.74, 6) is 0.543. The summed E-state index contributed by atoms with van der Waals surface area (Å²) in [6.07, 6.45) is 5.76. The third-order valence-electron chi connectivity index (χ3n) is 2.00. The predicted octanol–water partition coefficient (Wildman–Crippen LogP) is 1.96. The third-order valence-corrected chi connectivity index (χ3v) is 3.03. The zero-order valence-corrected chi connectivity index (χ0v) is 9.90. The van der Waals surface area contributed by atoms with Gasteiger partial charge in [-0.1, -0.05) is 13.3 Å². The van der Waals surface area contributed by atoms with Crippen LogP contribution in [0.15, 0.2) is 0 Å². The van der Waals surface area contributed by atoms with Crippen molar-refractivity contribution in [2.75, 3.05) is 12.0 Å². The standard InChI is InChI=1S/C10H20O3S/c1-3-7-10(11)8-5-4-6-9-14(2,12)13/h3-9H2,1-2H3. The van der Waals surface area contributed by atoms with Crippen molar-refractivity contribution in [3.8, 4) is 0 Å².